The third-order valence-corrected chi connectivity index (χ3v) is 4.47. The van der Waals surface area contributed by atoms with Gasteiger partial charge in [-0.05, 0) is 29.3 Å². The standard InChI is InChI=1S/C22H22N4O/c1-2-6-19(7-3-1)15-26-18-24-13-21(26)16-25(17-22-9-5-11-27-22)14-20-8-4-10-23-12-20/h1-13,18H,14-17H2. The number of rotatable bonds is 8. The molecule has 0 saturated heterocycles. The number of nitrogens with zero attached hydrogens (tertiary/aromatic N) is 4. The summed E-state index contributed by atoms with van der Waals surface area (Å²) in [6.07, 6.45) is 9.28. The van der Waals surface area contributed by atoms with Crippen LogP contribution >= 0.6 is 0 Å². The Morgan fingerprint density at radius 2 is 1.70 bits per heavy atom. The second-order valence-corrected chi connectivity index (χ2v) is 6.58. The number of aromatic nitrogens is 3. The van der Waals surface area contributed by atoms with Gasteiger partial charge >= 0.3 is 0 Å². The molecule has 4 aromatic rings. The Kier molecular flexibility index (Phi) is 5.41. The molecule has 3 aromatic heterocycles. The first-order valence-corrected chi connectivity index (χ1v) is 9.03. The largest absolute Gasteiger partial charge is 0.468 e. The van der Waals surface area contributed by atoms with Crippen LogP contribution in [0.4, 0.5) is 0 Å². The van der Waals surface area contributed by atoms with Crippen molar-refractivity contribution < 1.29 is 4.42 Å². The summed E-state index contributed by atoms with van der Waals surface area (Å²) in [5.41, 5.74) is 3.62. The Morgan fingerprint density at radius 3 is 2.48 bits per heavy atom. The van der Waals surface area contributed by atoms with Gasteiger partial charge in [-0.3, -0.25) is 9.88 Å². The van der Waals surface area contributed by atoms with Gasteiger partial charge in [0.2, 0.25) is 0 Å². The van der Waals surface area contributed by atoms with Crippen molar-refractivity contribution in [3.8, 4) is 0 Å². The highest BCUT2D eigenvalue weighted by molar-refractivity contribution is 5.16. The van der Waals surface area contributed by atoms with Crippen molar-refractivity contribution in [2.24, 2.45) is 0 Å². The number of benzene rings is 1. The molecule has 136 valence electrons. The smallest absolute Gasteiger partial charge is 0.117 e. The van der Waals surface area contributed by atoms with Crippen molar-refractivity contribution in [2.75, 3.05) is 0 Å². The van der Waals surface area contributed by atoms with Gasteiger partial charge in [0.15, 0.2) is 0 Å². The van der Waals surface area contributed by atoms with Crippen LogP contribution in [0.3, 0.4) is 0 Å². The molecule has 0 saturated carbocycles. The summed E-state index contributed by atoms with van der Waals surface area (Å²) in [5.74, 6) is 0.952. The van der Waals surface area contributed by atoms with E-state index in [1.165, 1.54) is 16.8 Å². The van der Waals surface area contributed by atoms with Crippen LogP contribution in [0.25, 0.3) is 0 Å². The van der Waals surface area contributed by atoms with Gasteiger partial charge in [0, 0.05) is 38.2 Å². The van der Waals surface area contributed by atoms with E-state index in [4.69, 9.17) is 4.42 Å². The van der Waals surface area contributed by atoms with E-state index >= 15 is 0 Å². The maximum Gasteiger partial charge on any atom is 0.117 e. The van der Waals surface area contributed by atoms with Crippen molar-refractivity contribution in [2.45, 2.75) is 26.2 Å². The maximum atomic E-state index is 5.57. The molecule has 0 radical (unpaired) electrons. The lowest BCUT2D eigenvalue weighted by Gasteiger charge is -2.22. The zero-order valence-electron chi connectivity index (χ0n) is 15.1. The molecule has 0 spiro atoms. The van der Waals surface area contributed by atoms with E-state index in [9.17, 15) is 0 Å². The lowest BCUT2D eigenvalue weighted by Crippen LogP contribution is -2.24. The maximum absolute atomic E-state index is 5.57. The van der Waals surface area contributed by atoms with Crippen molar-refractivity contribution in [1.82, 2.24) is 19.4 Å². The van der Waals surface area contributed by atoms with Gasteiger partial charge in [0.05, 0.1) is 24.8 Å². The summed E-state index contributed by atoms with van der Waals surface area (Å²) in [4.78, 5) is 11.0. The number of hydrogen-bond acceptors (Lipinski definition) is 4. The Bertz CT molecular complexity index is 933. The predicted octanol–water partition coefficient (Wildman–Crippen LogP) is 4.12. The van der Waals surface area contributed by atoms with Crippen LogP contribution in [0, 0.1) is 0 Å². The van der Waals surface area contributed by atoms with E-state index in [1.807, 2.05) is 43.0 Å². The molecule has 3 heterocycles. The fraction of sp³-hybridized carbons (Fsp3) is 0.182. The summed E-state index contributed by atoms with van der Waals surface area (Å²) < 4.78 is 7.77. The lowest BCUT2D eigenvalue weighted by atomic mass is 10.2. The molecular weight excluding hydrogens is 336 g/mol. The molecule has 5 heteroatoms. The fourth-order valence-corrected chi connectivity index (χ4v) is 3.17. The molecule has 0 N–H and O–H groups in total. The topological polar surface area (TPSA) is 47.1 Å². The third-order valence-electron chi connectivity index (χ3n) is 4.47. The normalized spacial score (nSPS) is 11.1. The van der Waals surface area contributed by atoms with Gasteiger partial charge in [-0.2, -0.15) is 0 Å². The summed E-state index contributed by atoms with van der Waals surface area (Å²) in [7, 11) is 0. The molecule has 0 atom stereocenters. The highest BCUT2D eigenvalue weighted by Gasteiger charge is 2.13. The minimum Gasteiger partial charge on any atom is -0.468 e. The molecule has 0 unspecified atom stereocenters. The van der Waals surface area contributed by atoms with E-state index < -0.39 is 0 Å². The molecular formula is C22H22N4O. The van der Waals surface area contributed by atoms with E-state index in [1.54, 1.807) is 12.5 Å². The van der Waals surface area contributed by atoms with Gasteiger partial charge in [-0.1, -0.05) is 36.4 Å². The van der Waals surface area contributed by atoms with Gasteiger partial charge in [-0.25, -0.2) is 4.98 Å². The number of furan rings is 1. The minimum absolute atomic E-state index is 0.735. The Hall–Kier alpha value is -3.18. The summed E-state index contributed by atoms with van der Waals surface area (Å²) in [6, 6.07) is 18.5. The SMILES string of the molecule is c1ccc(Cn2cncc2CN(Cc2cccnc2)Cc2ccco2)cc1. The molecule has 0 amide bonds. The first kappa shape index (κ1) is 17.2. The Morgan fingerprint density at radius 1 is 0.815 bits per heavy atom. The minimum atomic E-state index is 0.735. The first-order chi connectivity index (χ1) is 13.4. The number of hydrogen-bond donors (Lipinski definition) is 0. The van der Waals surface area contributed by atoms with E-state index in [2.05, 4.69) is 49.8 Å². The second kappa shape index (κ2) is 8.47. The van der Waals surface area contributed by atoms with Crippen molar-refractivity contribution in [1.29, 1.82) is 0 Å². The molecule has 27 heavy (non-hydrogen) atoms. The van der Waals surface area contributed by atoms with Crippen LogP contribution in [-0.2, 0) is 26.2 Å². The highest BCUT2D eigenvalue weighted by Crippen LogP contribution is 2.15. The van der Waals surface area contributed by atoms with E-state index in [-0.39, 0.29) is 0 Å². The molecule has 0 aliphatic carbocycles. The average Bonchev–Trinajstić information content (AvgIpc) is 3.36. The average molecular weight is 358 g/mol. The summed E-state index contributed by atoms with van der Waals surface area (Å²) >= 11 is 0. The Balaban J connectivity index is 1.52. The molecule has 1 aromatic carbocycles. The van der Waals surface area contributed by atoms with E-state index in [0.29, 0.717) is 0 Å². The van der Waals surface area contributed by atoms with Crippen LogP contribution in [0.2, 0.25) is 0 Å². The van der Waals surface area contributed by atoms with Gasteiger partial charge in [-0.15, -0.1) is 0 Å². The summed E-state index contributed by atoms with van der Waals surface area (Å²) in [5, 5.41) is 0. The first-order valence-electron chi connectivity index (χ1n) is 9.03. The Labute approximate surface area is 158 Å². The monoisotopic (exact) mass is 358 g/mol. The van der Waals surface area contributed by atoms with Crippen LogP contribution in [-0.4, -0.2) is 19.4 Å². The van der Waals surface area contributed by atoms with Crippen LogP contribution in [0.15, 0.2) is 90.2 Å². The summed E-state index contributed by atoms with van der Waals surface area (Å²) in [6.45, 7) is 3.13. The number of pyridine rings is 1. The van der Waals surface area contributed by atoms with Crippen molar-refractivity contribution >= 4 is 0 Å². The molecule has 0 aliphatic heterocycles. The number of imidazole rings is 1. The van der Waals surface area contributed by atoms with E-state index in [0.717, 1.165) is 31.9 Å². The molecule has 4 rings (SSSR count). The zero-order chi connectivity index (χ0) is 18.3. The van der Waals surface area contributed by atoms with Gasteiger partial charge in [0.1, 0.15) is 5.76 Å². The van der Waals surface area contributed by atoms with Crippen LogP contribution in [0.5, 0.6) is 0 Å². The fourth-order valence-electron chi connectivity index (χ4n) is 3.17. The van der Waals surface area contributed by atoms with Gasteiger partial charge < -0.3 is 8.98 Å². The third kappa shape index (κ3) is 4.71. The molecule has 0 bridgehead atoms. The quantitative estimate of drug-likeness (QED) is 0.475. The van der Waals surface area contributed by atoms with Crippen LogP contribution < -0.4 is 0 Å². The predicted molar refractivity (Wildman–Crippen MR) is 104 cm³/mol. The van der Waals surface area contributed by atoms with Crippen LogP contribution in [0.1, 0.15) is 22.6 Å². The molecule has 0 fully saturated rings. The molecule has 5 nitrogen and oxygen atoms in total. The van der Waals surface area contributed by atoms with Crippen molar-refractivity contribution in [3.63, 3.8) is 0 Å². The zero-order valence-corrected chi connectivity index (χ0v) is 15.1. The second-order valence-electron chi connectivity index (χ2n) is 6.58. The highest BCUT2D eigenvalue weighted by atomic mass is 16.3. The lowest BCUT2D eigenvalue weighted by molar-refractivity contribution is 0.221. The van der Waals surface area contributed by atoms with Crippen molar-refractivity contribution in [3.05, 3.63) is 108 Å². The van der Waals surface area contributed by atoms with Gasteiger partial charge in [0.25, 0.3) is 0 Å². The molecule has 0 aliphatic rings.